The molecule has 4 heteroatoms. The zero-order valence-electron chi connectivity index (χ0n) is 19.8. The van der Waals surface area contributed by atoms with E-state index >= 15 is 0 Å². The summed E-state index contributed by atoms with van der Waals surface area (Å²) >= 11 is 7.65. The van der Waals surface area contributed by atoms with Crippen LogP contribution in [0.3, 0.4) is 0 Å². The predicted octanol–water partition coefficient (Wildman–Crippen LogP) is 9.64. The maximum absolute atomic E-state index is 4.71. The van der Waals surface area contributed by atoms with E-state index in [-0.39, 0.29) is 21.4 Å². The van der Waals surface area contributed by atoms with Crippen molar-refractivity contribution in [1.29, 1.82) is 0 Å². The molecule has 2 N–H and O–H groups in total. The maximum atomic E-state index is 4.71. The molecule has 1 nitrogen and oxygen atoms in total. The molecule has 0 aliphatic rings. The van der Waals surface area contributed by atoms with Crippen molar-refractivity contribution in [2.45, 2.75) is 142 Å². The zero-order valence-corrected chi connectivity index (χ0v) is 22.4. The fourth-order valence-corrected chi connectivity index (χ4v) is 2.97. The normalized spacial score (nSPS) is 9.55. The van der Waals surface area contributed by atoms with Crippen LogP contribution in [0.1, 0.15) is 142 Å². The number of hydrogen-bond acceptors (Lipinski definition) is 1. The van der Waals surface area contributed by atoms with E-state index in [1.54, 1.807) is 0 Å². The number of thiol groups is 1. The molecule has 0 unspecified atom stereocenters. The van der Waals surface area contributed by atoms with Crippen molar-refractivity contribution in [3.8, 4) is 0 Å². The third-order valence-corrected chi connectivity index (χ3v) is 4.71. The summed E-state index contributed by atoms with van der Waals surface area (Å²) < 4.78 is 0.194. The second kappa shape index (κ2) is 39.3. The third-order valence-electron chi connectivity index (χ3n) is 4.71. The number of nitrogens with two attached hydrogens (primary N) is 1. The summed E-state index contributed by atoms with van der Waals surface area (Å²) in [4.78, 5) is 0. The van der Waals surface area contributed by atoms with Crippen LogP contribution in [-0.4, -0.2) is 4.32 Å². The molecule has 0 aromatic heterocycles. The Labute approximate surface area is 207 Å². The monoisotopic (exact) mass is 494 g/mol. The van der Waals surface area contributed by atoms with Crippen LogP contribution in [0.2, 0.25) is 0 Å². The fraction of sp³-hybridized carbons (Fsp3) is 0.880. The van der Waals surface area contributed by atoms with Gasteiger partial charge in [-0.15, -0.1) is 12.6 Å². The summed E-state index contributed by atoms with van der Waals surface area (Å²) in [6, 6.07) is 0. The van der Waals surface area contributed by atoms with Gasteiger partial charge in [-0.25, -0.2) is 0 Å². The molecule has 0 atom stereocenters. The molecule has 0 aliphatic heterocycles. The Morgan fingerprint density at radius 3 is 0.931 bits per heavy atom. The second-order valence-electron chi connectivity index (χ2n) is 7.70. The van der Waals surface area contributed by atoms with Crippen LogP contribution in [0.25, 0.3) is 0 Å². The molecule has 0 amide bonds. The van der Waals surface area contributed by atoms with Crippen molar-refractivity contribution in [3.05, 3.63) is 13.8 Å². The smallest absolute Gasteiger partial charge is 0.385 e. The number of unbranched alkanes of at least 4 members (excludes halogenated alkanes) is 18. The van der Waals surface area contributed by atoms with Crippen LogP contribution in [0.15, 0.2) is 0 Å². The van der Waals surface area contributed by atoms with E-state index in [0.29, 0.717) is 0 Å². The van der Waals surface area contributed by atoms with Crippen LogP contribution in [-0.2, 0) is 17.1 Å². The van der Waals surface area contributed by atoms with Gasteiger partial charge in [0.25, 0.3) is 0 Å². The van der Waals surface area contributed by atoms with E-state index in [9.17, 15) is 0 Å². The minimum absolute atomic E-state index is 0. The first kappa shape index (κ1) is 37.1. The van der Waals surface area contributed by atoms with Crippen molar-refractivity contribution in [1.82, 2.24) is 0 Å². The first-order valence-electron chi connectivity index (χ1n) is 12.1. The minimum Gasteiger partial charge on any atom is -0.385 e. The first-order chi connectivity index (χ1) is 13.6. The average molecular weight is 495 g/mol. The summed E-state index contributed by atoms with van der Waals surface area (Å²) in [5.41, 5.74) is 4.71. The molecule has 0 bridgehead atoms. The van der Waals surface area contributed by atoms with Crippen molar-refractivity contribution in [2.75, 3.05) is 0 Å². The number of rotatable bonds is 18. The second-order valence-corrected chi connectivity index (χ2v) is 8.93. The van der Waals surface area contributed by atoms with E-state index in [1.807, 2.05) is 0 Å². The predicted molar refractivity (Wildman–Crippen MR) is 140 cm³/mol. The van der Waals surface area contributed by atoms with Gasteiger partial charge in [-0.3, -0.25) is 0 Å². The molecule has 29 heavy (non-hydrogen) atoms. The van der Waals surface area contributed by atoms with Crippen LogP contribution in [0.4, 0.5) is 0 Å². The number of hydrogen-bond donors (Lipinski definition) is 2. The molecular weight excluding hydrogens is 442 g/mol. The van der Waals surface area contributed by atoms with Gasteiger partial charge in [0.1, 0.15) is 4.32 Å². The Hall–Kier alpha value is 0.759. The maximum Gasteiger partial charge on any atom is 2.00 e. The van der Waals surface area contributed by atoms with Gasteiger partial charge in [0, 0.05) is 0 Å². The van der Waals surface area contributed by atoms with E-state index in [4.69, 9.17) is 5.73 Å². The molecule has 0 aromatic rings. The SMILES string of the molecule is NC(=S)S.[CH2-]CCCCCCCCCCC.[CH2-]CCCCCCCCCCC.[Cu+2]. The Morgan fingerprint density at radius 2 is 0.759 bits per heavy atom. The van der Waals surface area contributed by atoms with Gasteiger partial charge in [-0.2, -0.15) is 12.8 Å². The van der Waals surface area contributed by atoms with E-state index < -0.39 is 0 Å². The molecule has 0 aliphatic carbocycles. The van der Waals surface area contributed by atoms with Crippen molar-refractivity contribution < 1.29 is 17.1 Å². The van der Waals surface area contributed by atoms with E-state index in [1.165, 1.54) is 116 Å². The van der Waals surface area contributed by atoms with Gasteiger partial charge in [0.05, 0.1) is 0 Å². The molecule has 0 saturated heterocycles. The van der Waals surface area contributed by atoms with Crippen molar-refractivity contribution >= 4 is 29.2 Å². The Balaban J connectivity index is -0.000000177. The number of thiocarbonyl (C=S) groups is 1. The minimum atomic E-state index is 0. The van der Waals surface area contributed by atoms with Crippen LogP contribution >= 0.6 is 24.8 Å². The topological polar surface area (TPSA) is 26.0 Å². The van der Waals surface area contributed by atoms with Crippen LogP contribution in [0.5, 0.6) is 0 Å². The third kappa shape index (κ3) is 58.5. The fourth-order valence-electron chi connectivity index (χ4n) is 2.97. The molecule has 0 spiro atoms. The quantitative estimate of drug-likeness (QED) is 0.0651. The molecule has 0 rings (SSSR count). The van der Waals surface area contributed by atoms with Gasteiger partial charge in [0.2, 0.25) is 0 Å². The van der Waals surface area contributed by atoms with Crippen LogP contribution in [0, 0.1) is 13.8 Å². The zero-order chi connectivity index (χ0) is 21.7. The average Bonchev–Trinajstić information content (AvgIpc) is 2.66. The Bertz CT molecular complexity index is 219. The first-order valence-corrected chi connectivity index (χ1v) is 13.0. The molecule has 0 aromatic carbocycles. The van der Waals surface area contributed by atoms with Gasteiger partial charge in [0.15, 0.2) is 0 Å². The molecule has 1 radical (unpaired) electrons. The Kier molecular flexibility index (Phi) is 50.2. The summed E-state index contributed by atoms with van der Waals surface area (Å²) in [6.07, 6.45) is 27.8. The van der Waals surface area contributed by atoms with Crippen LogP contribution < -0.4 is 5.73 Å². The van der Waals surface area contributed by atoms with Crippen molar-refractivity contribution in [2.24, 2.45) is 5.73 Å². The van der Waals surface area contributed by atoms with Crippen molar-refractivity contribution in [3.63, 3.8) is 0 Å². The van der Waals surface area contributed by atoms with Gasteiger partial charge >= 0.3 is 17.1 Å². The summed E-state index contributed by atoms with van der Waals surface area (Å²) in [7, 11) is 0. The van der Waals surface area contributed by atoms with E-state index in [0.717, 1.165) is 12.8 Å². The molecule has 0 heterocycles. The standard InChI is InChI=1S/2C12H25.CH3NS2.Cu/c2*1-3-5-7-9-11-12-10-8-6-4-2;2-1(3)4;/h2*1,3-12H2,2H3;(H3,2,3,4);/q2*-1;;+2. The molecule has 181 valence electrons. The summed E-state index contributed by atoms with van der Waals surface area (Å²) in [5.74, 6) is 0. The van der Waals surface area contributed by atoms with Gasteiger partial charge in [-0.05, 0) is 0 Å². The van der Waals surface area contributed by atoms with E-state index in [2.05, 4.69) is 52.5 Å². The largest absolute Gasteiger partial charge is 2.00 e. The molecule has 0 saturated carbocycles. The van der Waals surface area contributed by atoms with Gasteiger partial charge in [-0.1, -0.05) is 142 Å². The Morgan fingerprint density at radius 1 is 0.586 bits per heavy atom. The molecular formula is C25H53CuNS2. The summed E-state index contributed by atoms with van der Waals surface area (Å²) in [5, 5.41) is 0. The van der Waals surface area contributed by atoms with Gasteiger partial charge < -0.3 is 19.6 Å². The summed E-state index contributed by atoms with van der Waals surface area (Å²) in [6.45, 7) is 12.2. The molecule has 0 fully saturated rings.